The number of benzene rings is 1. The number of fused-ring (bicyclic) bond motifs is 2. The van der Waals surface area contributed by atoms with E-state index in [-0.39, 0.29) is 5.91 Å². The van der Waals surface area contributed by atoms with Crippen LogP contribution >= 0.6 is 0 Å². The standard InChI is InChI=1S/C26H23N5O5/c1-35-25(33)19-5-3-7-20-18(19)6-4-12-30(20)24(32)17-9-11-23-28-14-21(31(23)15-17)16-8-10-22(27-13-16)29-26(34)36-2/h3,5,7-11,13-15H,4,6,12H2,1-2H3,(H,27,29,34). The molecule has 1 N–H and O–H groups in total. The number of aromatic nitrogens is 3. The summed E-state index contributed by atoms with van der Waals surface area (Å²) in [6, 6.07) is 12.3. The van der Waals surface area contributed by atoms with Crippen LogP contribution in [0.2, 0.25) is 0 Å². The van der Waals surface area contributed by atoms with Crippen LogP contribution < -0.4 is 10.2 Å². The molecular formula is C26H23N5O5. The van der Waals surface area contributed by atoms with Crippen LogP contribution in [0.15, 0.2) is 61.1 Å². The first kappa shape index (κ1) is 23.0. The number of anilines is 2. The van der Waals surface area contributed by atoms with Crippen LogP contribution in [0.1, 0.15) is 32.7 Å². The first-order chi connectivity index (χ1) is 17.5. The molecule has 5 rings (SSSR count). The van der Waals surface area contributed by atoms with E-state index < -0.39 is 12.1 Å². The Hall–Kier alpha value is -4.73. The van der Waals surface area contributed by atoms with Crippen molar-refractivity contribution in [2.24, 2.45) is 0 Å². The number of nitrogens with one attached hydrogen (secondary N) is 1. The number of ether oxygens (including phenoxy) is 2. The third kappa shape index (κ3) is 4.13. The summed E-state index contributed by atoms with van der Waals surface area (Å²) < 4.78 is 11.3. The zero-order chi connectivity index (χ0) is 25.2. The molecule has 0 bridgehead atoms. The van der Waals surface area contributed by atoms with Crippen molar-refractivity contribution in [3.63, 3.8) is 0 Å². The molecule has 0 radical (unpaired) electrons. The van der Waals surface area contributed by atoms with E-state index in [0.29, 0.717) is 35.6 Å². The molecule has 36 heavy (non-hydrogen) atoms. The number of carbonyl (C=O) groups is 3. The van der Waals surface area contributed by atoms with Gasteiger partial charge in [0.25, 0.3) is 5.91 Å². The van der Waals surface area contributed by atoms with Gasteiger partial charge in [-0.05, 0) is 54.8 Å². The first-order valence-corrected chi connectivity index (χ1v) is 11.3. The number of hydrogen-bond acceptors (Lipinski definition) is 7. The summed E-state index contributed by atoms with van der Waals surface area (Å²) in [5.41, 5.74) is 4.67. The van der Waals surface area contributed by atoms with Crippen LogP contribution in [-0.2, 0) is 15.9 Å². The van der Waals surface area contributed by atoms with Crippen molar-refractivity contribution in [3.05, 3.63) is 77.7 Å². The van der Waals surface area contributed by atoms with Crippen molar-refractivity contribution in [2.45, 2.75) is 12.8 Å². The van der Waals surface area contributed by atoms with Gasteiger partial charge in [0.2, 0.25) is 0 Å². The van der Waals surface area contributed by atoms with Crippen molar-refractivity contribution in [1.82, 2.24) is 14.4 Å². The lowest BCUT2D eigenvalue weighted by Crippen LogP contribution is -2.36. The van der Waals surface area contributed by atoms with Crippen molar-refractivity contribution in [3.8, 4) is 11.3 Å². The molecule has 1 aromatic carbocycles. The van der Waals surface area contributed by atoms with Crippen molar-refractivity contribution >= 4 is 35.1 Å². The third-order valence-electron chi connectivity index (χ3n) is 6.13. The van der Waals surface area contributed by atoms with Gasteiger partial charge in [-0.2, -0.15) is 0 Å². The summed E-state index contributed by atoms with van der Waals surface area (Å²) in [5.74, 6) is -0.229. The Kier molecular flexibility index (Phi) is 6.07. The molecular weight excluding hydrogens is 462 g/mol. The molecule has 0 spiro atoms. The maximum absolute atomic E-state index is 13.6. The maximum Gasteiger partial charge on any atom is 0.412 e. The maximum atomic E-state index is 13.6. The predicted octanol–water partition coefficient (Wildman–Crippen LogP) is 3.95. The van der Waals surface area contributed by atoms with Crippen LogP contribution in [-0.4, -0.2) is 53.1 Å². The molecule has 0 saturated carbocycles. The highest BCUT2D eigenvalue weighted by molar-refractivity contribution is 6.07. The second-order valence-electron chi connectivity index (χ2n) is 8.19. The number of hydrogen-bond donors (Lipinski definition) is 1. The number of rotatable bonds is 4. The van der Waals surface area contributed by atoms with Crippen LogP contribution in [0, 0.1) is 0 Å². The SMILES string of the molecule is COC(=O)Nc1ccc(-c2cnc3ccc(C(=O)N4CCCc5c(C(=O)OC)cccc54)cn23)cn1. The number of nitrogens with zero attached hydrogens (tertiary/aromatic N) is 4. The highest BCUT2D eigenvalue weighted by Crippen LogP contribution is 2.32. The molecule has 0 saturated heterocycles. The van der Waals surface area contributed by atoms with Gasteiger partial charge in [-0.3, -0.25) is 14.5 Å². The molecule has 182 valence electrons. The molecule has 1 aliphatic rings. The number of esters is 1. The molecule has 10 nitrogen and oxygen atoms in total. The van der Waals surface area contributed by atoms with Crippen LogP contribution in [0.5, 0.6) is 0 Å². The van der Waals surface area contributed by atoms with E-state index in [1.54, 1.807) is 59.9 Å². The van der Waals surface area contributed by atoms with E-state index >= 15 is 0 Å². The lowest BCUT2D eigenvalue weighted by molar-refractivity contribution is 0.0599. The van der Waals surface area contributed by atoms with Crippen molar-refractivity contribution in [1.29, 1.82) is 0 Å². The Bertz CT molecular complexity index is 1480. The molecule has 4 aromatic rings. The van der Waals surface area contributed by atoms with E-state index in [4.69, 9.17) is 4.74 Å². The molecule has 1 aliphatic heterocycles. The second kappa shape index (κ2) is 9.49. The van der Waals surface area contributed by atoms with Gasteiger partial charge in [0.1, 0.15) is 11.5 Å². The summed E-state index contributed by atoms with van der Waals surface area (Å²) in [5, 5.41) is 2.51. The fraction of sp³-hybridized carbons (Fsp3) is 0.192. The van der Waals surface area contributed by atoms with E-state index in [9.17, 15) is 14.4 Å². The van der Waals surface area contributed by atoms with Gasteiger partial charge in [-0.25, -0.2) is 19.6 Å². The Balaban J connectivity index is 1.48. The van der Waals surface area contributed by atoms with Gasteiger partial charge < -0.3 is 14.4 Å². The van der Waals surface area contributed by atoms with Crippen molar-refractivity contribution in [2.75, 3.05) is 31.0 Å². The normalized spacial score (nSPS) is 12.7. The van der Waals surface area contributed by atoms with Crippen LogP contribution in [0.4, 0.5) is 16.3 Å². The van der Waals surface area contributed by atoms with E-state index in [1.807, 2.05) is 10.5 Å². The van der Waals surface area contributed by atoms with Gasteiger partial charge in [0.05, 0.1) is 37.2 Å². The van der Waals surface area contributed by atoms with Gasteiger partial charge in [-0.1, -0.05) is 6.07 Å². The van der Waals surface area contributed by atoms with E-state index in [0.717, 1.165) is 28.9 Å². The molecule has 3 aromatic heterocycles. The molecule has 0 aliphatic carbocycles. The minimum absolute atomic E-state index is 0.171. The quantitative estimate of drug-likeness (QED) is 0.435. The smallest absolute Gasteiger partial charge is 0.412 e. The Morgan fingerprint density at radius 1 is 0.972 bits per heavy atom. The van der Waals surface area contributed by atoms with E-state index in [2.05, 4.69) is 20.0 Å². The molecule has 0 unspecified atom stereocenters. The predicted molar refractivity (Wildman–Crippen MR) is 132 cm³/mol. The van der Waals surface area contributed by atoms with Crippen LogP contribution in [0.3, 0.4) is 0 Å². The molecule has 0 fully saturated rings. The fourth-order valence-corrected chi connectivity index (χ4v) is 4.39. The van der Waals surface area contributed by atoms with E-state index in [1.165, 1.54) is 14.2 Å². The highest BCUT2D eigenvalue weighted by atomic mass is 16.5. The Morgan fingerprint density at radius 2 is 1.83 bits per heavy atom. The first-order valence-electron chi connectivity index (χ1n) is 11.3. The molecule has 4 heterocycles. The summed E-state index contributed by atoms with van der Waals surface area (Å²) in [6.07, 6.45) is 5.89. The van der Waals surface area contributed by atoms with Gasteiger partial charge in [0.15, 0.2) is 0 Å². The number of pyridine rings is 2. The highest BCUT2D eigenvalue weighted by Gasteiger charge is 2.27. The number of imidazole rings is 1. The zero-order valence-corrected chi connectivity index (χ0v) is 19.7. The number of carbonyl (C=O) groups excluding carboxylic acids is 3. The summed E-state index contributed by atoms with van der Waals surface area (Å²) >= 11 is 0. The number of methoxy groups -OCH3 is 2. The lowest BCUT2D eigenvalue weighted by atomic mass is 9.95. The van der Waals surface area contributed by atoms with Gasteiger partial charge in [0, 0.05) is 30.2 Å². The second-order valence-corrected chi connectivity index (χ2v) is 8.19. The molecule has 0 atom stereocenters. The monoisotopic (exact) mass is 485 g/mol. The molecule has 10 heteroatoms. The van der Waals surface area contributed by atoms with Crippen molar-refractivity contribution < 1.29 is 23.9 Å². The minimum atomic E-state index is -0.605. The van der Waals surface area contributed by atoms with Gasteiger partial charge in [-0.15, -0.1) is 0 Å². The largest absolute Gasteiger partial charge is 0.465 e. The molecule has 2 amide bonds. The number of amides is 2. The summed E-state index contributed by atoms with van der Waals surface area (Å²) in [4.78, 5) is 47.6. The minimum Gasteiger partial charge on any atom is -0.465 e. The zero-order valence-electron chi connectivity index (χ0n) is 19.7. The topological polar surface area (TPSA) is 115 Å². The third-order valence-corrected chi connectivity index (χ3v) is 6.13. The summed E-state index contributed by atoms with van der Waals surface area (Å²) in [6.45, 7) is 0.545. The lowest BCUT2D eigenvalue weighted by Gasteiger charge is -2.30. The van der Waals surface area contributed by atoms with Crippen LogP contribution in [0.25, 0.3) is 16.9 Å². The Morgan fingerprint density at radius 3 is 2.58 bits per heavy atom. The average molecular weight is 486 g/mol. The fourth-order valence-electron chi connectivity index (χ4n) is 4.39. The summed E-state index contributed by atoms with van der Waals surface area (Å²) in [7, 11) is 2.63. The van der Waals surface area contributed by atoms with Gasteiger partial charge >= 0.3 is 12.1 Å². The average Bonchev–Trinajstić information content (AvgIpc) is 3.35. The Labute approximate surface area is 206 Å².